The molecule has 1 N–H and O–H groups in total. The van der Waals surface area contributed by atoms with Gasteiger partial charge in [0.05, 0.1) is 18.3 Å². The molecular formula is C12H20N2O2. The maximum Gasteiger partial charge on any atom is 0.211 e. The van der Waals surface area contributed by atoms with E-state index in [1.165, 1.54) is 0 Å². The van der Waals surface area contributed by atoms with Crippen molar-refractivity contribution in [2.24, 2.45) is 0 Å². The molecule has 3 unspecified atom stereocenters. The van der Waals surface area contributed by atoms with Gasteiger partial charge in [0.2, 0.25) is 5.89 Å². The quantitative estimate of drug-likeness (QED) is 0.854. The molecule has 0 spiro atoms. The van der Waals surface area contributed by atoms with Gasteiger partial charge in [-0.3, -0.25) is 0 Å². The first-order chi connectivity index (χ1) is 7.70. The van der Waals surface area contributed by atoms with Crippen LogP contribution in [-0.2, 0) is 4.74 Å². The summed E-state index contributed by atoms with van der Waals surface area (Å²) in [6, 6.07) is 0.164. The average Bonchev–Trinajstić information content (AvgIpc) is 2.85. The SMILES string of the molecule is CCNC(C)c1ncc(C2CCC(C)O2)o1. The van der Waals surface area contributed by atoms with E-state index in [0.717, 1.165) is 31.0 Å². The Hall–Kier alpha value is -0.870. The zero-order valence-corrected chi connectivity index (χ0v) is 10.2. The molecule has 2 heterocycles. The second-order valence-corrected chi connectivity index (χ2v) is 4.39. The number of rotatable bonds is 4. The monoisotopic (exact) mass is 224 g/mol. The average molecular weight is 224 g/mol. The lowest BCUT2D eigenvalue weighted by Crippen LogP contribution is -2.17. The van der Waals surface area contributed by atoms with Crippen molar-refractivity contribution in [3.8, 4) is 0 Å². The lowest BCUT2D eigenvalue weighted by atomic mass is 10.2. The zero-order valence-electron chi connectivity index (χ0n) is 10.2. The Kier molecular flexibility index (Phi) is 3.61. The molecule has 1 aromatic heterocycles. The topological polar surface area (TPSA) is 47.3 Å². The first-order valence-corrected chi connectivity index (χ1v) is 6.05. The van der Waals surface area contributed by atoms with E-state index >= 15 is 0 Å². The fourth-order valence-electron chi connectivity index (χ4n) is 2.06. The Morgan fingerprint density at radius 3 is 3.00 bits per heavy atom. The number of nitrogens with one attached hydrogen (secondary N) is 1. The van der Waals surface area contributed by atoms with Gasteiger partial charge in [0.1, 0.15) is 6.10 Å². The number of oxazole rings is 1. The van der Waals surface area contributed by atoms with Crippen molar-refractivity contribution in [1.82, 2.24) is 10.3 Å². The third-order valence-electron chi connectivity index (χ3n) is 2.97. The highest BCUT2D eigenvalue weighted by Crippen LogP contribution is 2.33. The summed E-state index contributed by atoms with van der Waals surface area (Å²) in [6.45, 7) is 7.13. The van der Waals surface area contributed by atoms with E-state index in [2.05, 4.69) is 31.1 Å². The zero-order chi connectivity index (χ0) is 11.5. The summed E-state index contributed by atoms with van der Waals surface area (Å²) in [5.41, 5.74) is 0. The van der Waals surface area contributed by atoms with E-state index in [1.54, 1.807) is 6.20 Å². The maximum atomic E-state index is 5.75. The van der Waals surface area contributed by atoms with Crippen LogP contribution in [0.3, 0.4) is 0 Å². The standard InChI is InChI=1S/C12H20N2O2/c1-4-13-9(3)12-14-7-11(16-12)10-6-5-8(2)15-10/h7-10,13H,4-6H2,1-3H3. The molecule has 0 bridgehead atoms. The van der Waals surface area contributed by atoms with Gasteiger partial charge in [-0.2, -0.15) is 0 Å². The molecule has 0 aromatic carbocycles. The van der Waals surface area contributed by atoms with Crippen LogP contribution in [0.2, 0.25) is 0 Å². The minimum atomic E-state index is 0.102. The summed E-state index contributed by atoms with van der Waals surface area (Å²) in [7, 11) is 0. The normalized spacial score (nSPS) is 27.2. The molecule has 0 saturated carbocycles. The summed E-state index contributed by atoms with van der Waals surface area (Å²) in [6.07, 6.45) is 4.37. The van der Waals surface area contributed by atoms with Crippen LogP contribution in [0.15, 0.2) is 10.6 Å². The van der Waals surface area contributed by atoms with Gasteiger partial charge in [0, 0.05) is 0 Å². The van der Waals surface area contributed by atoms with Crippen molar-refractivity contribution in [2.45, 2.75) is 51.9 Å². The first-order valence-electron chi connectivity index (χ1n) is 6.05. The molecular weight excluding hydrogens is 204 g/mol. The lowest BCUT2D eigenvalue weighted by Gasteiger charge is -2.09. The number of nitrogens with zero attached hydrogens (tertiary/aromatic N) is 1. The third kappa shape index (κ3) is 2.44. The highest BCUT2D eigenvalue weighted by Gasteiger charge is 2.27. The lowest BCUT2D eigenvalue weighted by molar-refractivity contribution is 0.0414. The fraction of sp³-hybridized carbons (Fsp3) is 0.750. The summed E-state index contributed by atoms with van der Waals surface area (Å²) in [4.78, 5) is 4.30. The van der Waals surface area contributed by atoms with Gasteiger partial charge in [-0.05, 0) is 33.2 Å². The predicted octanol–water partition coefficient (Wildman–Crippen LogP) is 2.59. The molecule has 90 valence electrons. The Morgan fingerprint density at radius 2 is 2.38 bits per heavy atom. The van der Waals surface area contributed by atoms with Crippen molar-refractivity contribution in [2.75, 3.05) is 6.54 Å². The van der Waals surface area contributed by atoms with E-state index in [9.17, 15) is 0 Å². The molecule has 2 rings (SSSR count). The van der Waals surface area contributed by atoms with E-state index < -0.39 is 0 Å². The Bertz CT molecular complexity index is 338. The minimum absolute atomic E-state index is 0.102. The molecule has 0 radical (unpaired) electrons. The van der Waals surface area contributed by atoms with E-state index in [4.69, 9.17) is 9.15 Å². The molecule has 1 fully saturated rings. The van der Waals surface area contributed by atoms with Crippen LogP contribution in [0.1, 0.15) is 57.4 Å². The molecule has 1 saturated heterocycles. The molecule has 4 nitrogen and oxygen atoms in total. The van der Waals surface area contributed by atoms with Gasteiger partial charge in [0.25, 0.3) is 0 Å². The largest absolute Gasteiger partial charge is 0.441 e. The van der Waals surface area contributed by atoms with Gasteiger partial charge in [-0.1, -0.05) is 6.92 Å². The van der Waals surface area contributed by atoms with Crippen molar-refractivity contribution in [1.29, 1.82) is 0 Å². The Labute approximate surface area is 96.4 Å². The number of hydrogen-bond acceptors (Lipinski definition) is 4. The van der Waals surface area contributed by atoms with Gasteiger partial charge in [-0.15, -0.1) is 0 Å². The van der Waals surface area contributed by atoms with E-state index in [-0.39, 0.29) is 12.1 Å². The Morgan fingerprint density at radius 1 is 1.56 bits per heavy atom. The smallest absolute Gasteiger partial charge is 0.211 e. The van der Waals surface area contributed by atoms with Gasteiger partial charge in [0.15, 0.2) is 5.76 Å². The molecule has 16 heavy (non-hydrogen) atoms. The van der Waals surface area contributed by atoms with Crippen LogP contribution in [0, 0.1) is 0 Å². The van der Waals surface area contributed by atoms with Crippen LogP contribution < -0.4 is 5.32 Å². The molecule has 4 heteroatoms. The number of hydrogen-bond donors (Lipinski definition) is 1. The first kappa shape index (κ1) is 11.6. The van der Waals surface area contributed by atoms with Crippen LogP contribution >= 0.6 is 0 Å². The van der Waals surface area contributed by atoms with Crippen molar-refractivity contribution in [3.05, 3.63) is 17.8 Å². The summed E-state index contributed by atoms with van der Waals surface area (Å²) in [5.74, 6) is 1.61. The van der Waals surface area contributed by atoms with Crippen LogP contribution in [-0.4, -0.2) is 17.6 Å². The van der Waals surface area contributed by atoms with Crippen molar-refractivity contribution < 1.29 is 9.15 Å². The highest BCUT2D eigenvalue weighted by atomic mass is 16.5. The molecule has 0 amide bonds. The van der Waals surface area contributed by atoms with Crippen LogP contribution in [0.4, 0.5) is 0 Å². The molecule has 1 aliphatic heterocycles. The van der Waals surface area contributed by atoms with Crippen molar-refractivity contribution >= 4 is 0 Å². The molecule has 1 aliphatic rings. The second-order valence-electron chi connectivity index (χ2n) is 4.39. The number of ether oxygens (including phenoxy) is 1. The summed E-state index contributed by atoms with van der Waals surface area (Å²) < 4.78 is 11.5. The summed E-state index contributed by atoms with van der Waals surface area (Å²) >= 11 is 0. The van der Waals surface area contributed by atoms with E-state index in [1.807, 2.05) is 0 Å². The molecule has 1 aromatic rings. The van der Waals surface area contributed by atoms with Crippen LogP contribution in [0.5, 0.6) is 0 Å². The molecule has 0 aliphatic carbocycles. The van der Waals surface area contributed by atoms with Crippen LogP contribution in [0.25, 0.3) is 0 Å². The molecule has 3 atom stereocenters. The minimum Gasteiger partial charge on any atom is -0.441 e. The van der Waals surface area contributed by atoms with Gasteiger partial charge < -0.3 is 14.5 Å². The van der Waals surface area contributed by atoms with Gasteiger partial charge in [-0.25, -0.2) is 4.98 Å². The van der Waals surface area contributed by atoms with Gasteiger partial charge >= 0.3 is 0 Å². The Balaban J connectivity index is 2.01. The predicted molar refractivity (Wildman–Crippen MR) is 61.1 cm³/mol. The maximum absolute atomic E-state index is 5.75. The second kappa shape index (κ2) is 4.97. The highest BCUT2D eigenvalue weighted by molar-refractivity contribution is 5.02. The fourth-order valence-corrected chi connectivity index (χ4v) is 2.06. The third-order valence-corrected chi connectivity index (χ3v) is 2.97. The number of aromatic nitrogens is 1. The van der Waals surface area contributed by atoms with E-state index in [0.29, 0.717) is 6.10 Å². The van der Waals surface area contributed by atoms with Crippen molar-refractivity contribution in [3.63, 3.8) is 0 Å². The summed E-state index contributed by atoms with van der Waals surface area (Å²) in [5, 5.41) is 3.28.